The van der Waals surface area contributed by atoms with Crippen LogP contribution in [0, 0.1) is 13.8 Å². The van der Waals surface area contributed by atoms with Crippen molar-refractivity contribution in [3.8, 4) is 5.69 Å². The van der Waals surface area contributed by atoms with Crippen molar-refractivity contribution < 1.29 is 9.53 Å². The second-order valence-corrected chi connectivity index (χ2v) is 7.79. The highest BCUT2D eigenvalue weighted by Crippen LogP contribution is 2.28. The summed E-state index contributed by atoms with van der Waals surface area (Å²) in [7, 11) is 0. The molecular weight excluding hydrogens is 410 g/mol. The van der Waals surface area contributed by atoms with Crippen molar-refractivity contribution in [1.29, 1.82) is 0 Å². The van der Waals surface area contributed by atoms with Crippen LogP contribution in [-0.2, 0) is 9.53 Å². The molecule has 6 heteroatoms. The maximum atomic E-state index is 12.5. The summed E-state index contributed by atoms with van der Waals surface area (Å²) in [5.41, 5.74) is 4.26. The van der Waals surface area contributed by atoms with Gasteiger partial charge in [0.05, 0.1) is 11.4 Å². The maximum absolute atomic E-state index is 12.5. The number of hydrogen-bond acceptors (Lipinski definition) is 4. The van der Waals surface area contributed by atoms with Gasteiger partial charge in [-0.15, -0.1) is 0 Å². The van der Waals surface area contributed by atoms with E-state index in [4.69, 9.17) is 16.3 Å². The summed E-state index contributed by atoms with van der Waals surface area (Å²) in [6.45, 7) is 3.86. The first-order valence-electron chi connectivity index (χ1n) is 9.83. The number of aromatic nitrogens is 2. The number of aryl methyl sites for hydroxylation is 2. The van der Waals surface area contributed by atoms with Crippen LogP contribution in [0.4, 0.5) is 0 Å². The van der Waals surface area contributed by atoms with Gasteiger partial charge in [-0.25, -0.2) is 14.5 Å². The van der Waals surface area contributed by atoms with Crippen LogP contribution < -0.4 is 0 Å². The fourth-order valence-corrected chi connectivity index (χ4v) is 3.85. The molecule has 0 radical (unpaired) electrons. The highest BCUT2D eigenvalue weighted by atomic mass is 35.5. The molecule has 0 aliphatic carbocycles. The van der Waals surface area contributed by atoms with E-state index >= 15 is 0 Å². The normalized spacial score (nSPS) is 14.9. The predicted octanol–water partition coefficient (Wildman–Crippen LogP) is 5.64. The molecule has 2 heterocycles. The quantitative estimate of drug-likeness (QED) is 0.314. The van der Waals surface area contributed by atoms with E-state index in [2.05, 4.69) is 10.1 Å². The smallest absolute Gasteiger partial charge is 0.363 e. The molecule has 0 atom stereocenters. The average molecular weight is 428 g/mol. The van der Waals surface area contributed by atoms with Crippen LogP contribution in [0.1, 0.15) is 22.4 Å². The Balaban J connectivity index is 1.52. The molecule has 1 aliphatic rings. The van der Waals surface area contributed by atoms with Gasteiger partial charge in [-0.05, 0) is 55.0 Å². The monoisotopic (exact) mass is 427 g/mol. The maximum Gasteiger partial charge on any atom is 0.363 e. The third-order valence-electron chi connectivity index (χ3n) is 5.22. The first-order chi connectivity index (χ1) is 15.0. The van der Waals surface area contributed by atoms with Crippen LogP contribution in [0.15, 0.2) is 77.4 Å². The zero-order valence-corrected chi connectivity index (χ0v) is 17.7. The molecule has 1 aliphatic heterocycles. The number of aliphatic imine (C=N–C) groups is 1. The molecule has 4 aromatic rings. The fourth-order valence-electron chi connectivity index (χ4n) is 3.52. The number of carbonyl (C=O) groups is 1. The highest BCUT2D eigenvalue weighted by Gasteiger charge is 2.26. The fraction of sp³-hybridized carbons (Fsp3) is 0.0800. The highest BCUT2D eigenvalue weighted by molar-refractivity contribution is 6.31. The summed E-state index contributed by atoms with van der Waals surface area (Å²) >= 11 is 6.60. The summed E-state index contributed by atoms with van der Waals surface area (Å²) in [5.74, 6) is -0.233. The minimum Gasteiger partial charge on any atom is -0.402 e. The van der Waals surface area contributed by atoms with E-state index in [1.807, 2.05) is 80.6 Å². The molecule has 3 aromatic carbocycles. The first-order valence-corrected chi connectivity index (χ1v) is 10.2. The van der Waals surface area contributed by atoms with Crippen molar-refractivity contribution in [1.82, 2.24) is 9.78 Å². The van der Waals surface area contributed by atoms with E-state index in [1.54, 1.807) is 10.8 Å². The minimum atomic E-state index is -0.512. The van der Waals surface area contributed by atoms with Crippen molar-refractivity contribution in [3.63, 3.8) is 0 Å². The van der Waals surface area contributed by atoms with E-state index in [-0.39, 0.29) is 11.6 Å². The SMILES string of the molecule is Cc1ccc(-n2nc(C)c(/C=C3\N=C(c4ccc5ccccc5c4)OC3=O)c2Cl)cc1. The lowest BCUT2D eigenvalue weighted by atomic mass is 10.1. The predicted molar refractivity (Wildman–Crippen MR) is 123 cm³/mol. The van der Waals surface area contributed by atoms with Crippen molar-refractivity contribution >= 4 is 40.3 Å². The van der Waals surface area contributed by atoms with Gasteiger partial charge in [-0.2, -0.15) is 5.10 Å². The van der Waals surface area contributed by atoms with Crippen LogP contribution in [0.5, 0.6) is 0 Å². The minimum absolute atomic E-state index is 0.191. The molecule has 152 valence electrons. The molecule has 0 N–H and O–H groups in total. The Hall–Kier alpha value is -3.70. The number of carbonyl (C=O) groups excluding carboxylic acids is 1. The van der Waals surface area contributed by atoms with Gasteiger partial charge in [0.1, 0.15) is 5.15 Å². The van der Waals surface area contributed by atoms with Crippen LogP contribution in [0.25, 0.3) is 22.5 Å². The molecule has 0 unspecified atom stereocenters. The number of hydrogen-bond donors (Lipinski definition) is 0. The number of ether oxygens (including phenoxy) is 1. The van der Waals surface area contributed by atoms with Gasteiger partial charge in [-0.1, -0.05) is 59.6 Å². The number of nitrogens with zero attached hydrogens (tertiary/aromatic N) is 3. The van der Waals surface area contributed by atoms with Crippen LogP contribution in [0.3, 0.4) is 0 Å². The molecule has 0 saturated carbocycles. The second-order valence-electron chi connectivity index (χ2n) is 7.44. The number of cyclic esters (lactones) is 1. The van der Waals surface area contributed by atoms with Crippen LogP contribution in [0.2, 0.25) is 5.15 Å². The standard InChI is InChI=1S/C25H18ClN3O2/c1-15-7-11-20(12-8-15)29-23(26)21(16(2)28-29)14-22-25(30)31-24(27-22)19-10-9-17-5-3-4-6-18(17)13-19/h3-14H,1-2H3/b22-14-. The Labute approximate surface area is 184 Å². The third-order valence-corrected chi connectivity index (χ3v) is 5.59. The van der Waals surface area contributed by atoms with Gasteiger partial charge in [0.15, 0.2) is 5.70 Å². The van der Waals surface area contributed by atoms with Gasteiger partial charge in [-0.3, -0.25) is 0 Å². The van der Waals surface area contributed by atoms with Gasteiger partial charge in [0.2, 0.25) is 5.90 Å². The largest absolute Gasteiger partial charge is 0.402 e. The Kier molecular flexibility index (Phi) is 4.68. The van der Waals surface area contributed by atoms with Crippen LogP contribution >= 0.6 is 11.6 Å². The summed E-state index contributed by atoms with van der Waals surface area (Å²) < 4.78 is 7.09. The number of esters is 1. The van der Waals surface area contributed by atoms with E-state index in [0.717, 1.165) is 27.6 Å². The summed E-state index contributed by atoms with van der Waals surface area (Å²) in [4.78, 5) is 16.9. The molecule has 31 heavy (non-hydrogen) atoms. The number of rotatable bonds is 3. The lowest BCUT2D eigenvalue weighted by molar-refractivity contribution is -0.129. The van der Waals surface area contributed by atoms with Gasteiger partial charge in [0, 0.05) is 11.1 Å². The molecule has 5 nitrogen and oxygen atoms in total. The van der Waals surface area contributed by atoms with Gasteiger partial charge in [0.25, 0.3) is 0 Å². The van der Waals surface area contributed by atoms with Crippen molar-refractivity contribution in [2.24, 2.45) is 4.99 Å². The molecule has 1 aromatic heterocycles. The summed E-state index contributed by atoms with van der Waals surface area (Å²) in [5, 5.41) is 7.10. The Bertz CT molecular complexity index is 1400. The zero-order chi connectivity index (χ0) is 21.5. The lowest BCUT2D eigenvalue weighted by Crippen LogP contribution is -2.05. The molecule has 5 rings (SSSR count). The summed E-state index contributed by atoms with van der Waals surface area (Å²) in [6.07, 6.45) is 1.63. The zero-order valence-electron chi connectivity index (χ0n) is 17.0. The van der Waals surface area contributed by atoms with Gasteiger partial charge >= 0.3 is 5.97 Å². The molecule has 0 saturated heterocycles. The molecular formula is C25H18ClN3O2. The van der Waals surface area contributed by atoms with Crippen molar-refractivity contribution in [2.45, 2.75) is 13.8 Å². The molecule has 0 amide bonds. The Morgan fingerprint density at radius 3 is 2.48 bits per heavy atom. The second kappa shape index (κ2) is 7.52. The lowest BCUT2D eigenvalue weighted by Gasteiger charge is -2.03. The Morgan fingerprint density at radius 1 is 0.968 bits per heavy atom. The molecule has 0 bridgehead atoms. The van der Waals surface area contributed by atoms with E-state index in [9.17, 15) is 4.79 Å². The summed E-state index contributed by atoms with van der Waals surface area (Å²) in [6, 6.07) is 21.7. The van der Waals surface area contributed by atoms with E-state index < -0.39 is 5.97 Å². The number of halogens is 1. The van der Waals surface area contributed by atoms with Gasteiger partial charge < -0.3 is 4.74 Å². The molecule has 0 fully saturated rings. The van der Waals surface area contributed by atoms with Crippen molar-refractivity contribution in [3.05, 3.63) is 100.0 Å². The van der Waals surface area contributed by atoms with Crippen LogP contribution in [-0.4, -0.2) is 21.6 Å². The average Bonchev–Trinajstić information content (AvgIpc) is 3.28. The molecule has 0 spiro atoms. The Morgan fingerprint density at radius 2 is 1.71 bits per heavy atom. The topological polar surface area (TPSA) is 56.5 Å². The van der Waals surface area contributed by atoms with Crippen molar-refractivity contribution in [2.75, 3.05) is 0 Å². The third kappa shape index (κ3) is 3.53. The first kappa shape index (κ1) is 19.3. The van der Waals surface area contributed by atoms with E-state index in [0.29, 0.717) is 16.4 Å². The van der Waals surface area contributed by atoms with E-state index in [1.165, 1.54) is 0 Å². The number of benzene rings is 3. The number of fused-ring (bicyclic) bond motifs is 1.